The summed E-state index contributed by atoms with van der Waals surface area (Å²) in [7, 11) is 1.62. The van der Waals surface area contributed by atoms with Crippen LogP contribution in [0.2, 0.25) is 5.02 Å². The number of carbonyl (C=O) groups is 1. The number of methoxy groups -OCH3 is 1. The van der Waals surface area contributed by atoms with E-state index in [1.807, 2.05) is 54.6 Å². The zero-order chi connectivity index (χ0) is 25.8. The summed E-state index contributed by atoms with van der Waals surface area (Å²) in [6.45, 7) is 0. The van der Waals surface area contributed by atoms with E-state index in [1.54, 1.807) is 43.6 Å². The summed E-state index contributed by atoms with van der Waals surface area (Å²) >= 11 is 6.00. The Bertz CT molecular complexity index is 1550. The fourth-order valence-electron chi connectivity index (χ4n) is 4.42. The maximum atomic E-state index is 14.0. The zero-order valence-electron chi connectivity index (χ0n) is 20.1. The highest BCUT2D eigenvalue weighted by molar-refractivity contribution is 6.30. The van der Waals surface area contributed by atoms with Crippen molar-refractivity contribution in [1.29, 1.82) is 0 Å². The van der Waals surface area contributed by atoms with Crippen molar-refractivity contribution in [3.8, 4) is 16.9 Å². The Morgan fingerprint density at radius 1 is 0.973 bits per heavy atom. The number of aromatic nitrogens is 1. The standard InChI is InChI=1S/C31H24ClFN2O2/c1-37-26-4-2-3-20(17-26)18-28(31(36)35-25-12-9-23(32)10-13-25)22-7-5-21(6-8-22)27-15-16-34-30-14-11-24(33)19-29(27)30/h2-17,19,28H,18H2,1H3,(H,35,36)/t28-/m1/s1. The summed E-state index contributed by atoms with van der Waals surface area (Å²) in [5.41, 5.74) is 5.04. The summed E-state index contributed by atoms with van der Waals surface area (Å²) in [5.74, 6) is -0.158. The van der Waals surface area contributed by atoms with Gasteiger partial charge in [-0.25, -0.2) is 4.39 Å². The van der Waals surface area contributed by atoms with Crippen molar-refractivity contribution < 1.29 is 13.9 Å². The third-order valence-electron chi connectivity index (χ3n) is 6.33. The summed E-state index contributed by atoms with van der Waals surface area (Å²) < 4.78 is 19.3. The lowest BCUT2D eigenvalue weighted by Crippen LogP contribution is -2.23. The summed E-state index contributed by atoms with van der Waals surface area (Å²) in [6, 6.07) is 29.0. The van der Waals surface area contributed by atoms with Crippen molar-refractivity contribution >= 4 is 34.1 Å². The highest BCUT2D eigenvalue weighted by Crippen LogP contribution is 2.31. The number of amides is 1. The molecule has 184 valence electrons. The molecule has 0 radical (unpaired) electrons. The number of anilines is 1. The van der Waals surface area contributed by atoms with Crippen molar-refractivity contribution in [1.82, 2.24) is 4.98 Å². The SMILES string of the molecule is COc1cccc(C[C@@H](C(=O)Nc2ccc(Cl)cc2)c2ccc(-c3ccnc4ccc(F)cc34)cc2)c1. The van der Waals surface area contributed by atoms with Gasteiger partial charge in [0.25, 0.3) is 0 Å². The fraction of sp³-hybridized carbons (Fsp3) is 0.0968. The molecule has 4 aromatic carbocycles. The maximum Gasteiger partial charge on any atom is 0.232 e. The van der Waals surface area contributed by atoms with Crippen LogP contribution in [0.15, 0.2) is 103 Å². The Morgan fingerprint density at radius 3 is 2.51 bits per heavy atom. The third-order valence-corrected chi connectivity index (χ3v) is 6.58. The summed E-state index contributed by atoms with van der Waals surface area (Å²) in [6.07, 6.45) is 2.20. The third kappa shape index (κ3) is 5.63. The zero-order valence-corrected chi connectivity index (χ0v) is 20.9. The molecule has 1 N–H and O–H groups in total. The van der Waals surface area contributed by atoms with Crippen LogP contribution in [0, 0.1) is 5.82 Å². The van der Waals surface area contributed by atoms with Gasteiger partial charge in [0.05, 0.1) is 18.5 Å². The lowest BCUT2D eigenvalue weighted by atomic mass is 9.89. The first-order valence-corrected chi connectivity index (χ1v) is 12.2. The van der Waals surface area contributed by atoms with Crippen LogP contribution in [0.1, 0.15) is 17.0 Å². The highest BCUT2D eigenvalue weighted by atomic mass is 35.5. The molecule has 0 aliphatic carbocycles. The molecule has 0 spiro atoms. The minimum Gasteiger partial charge on any atom is -0.497 e. The second kappa shape index (κ2) is 10.8. The molecule has 0 unspecified atom stereocenters. The number of ether oxygens (including phenoxy) is 1. The number of halogens is 2. The van der Waals surface area contributed by atoms with Gasteiger partial charge in [0.15, 0.2) is 0 Å². The largest absolute Gasteiger partial charge is 0.497 e. The van der Waals surface area contributed by atoms with Crippen LogP contribution in [0.3, 0.4) is 0 Å². The quantitative estimate of drug-likeness (QED) is 0.244. The first-order chi connectivity index (χ1) is 18.0. The molecular formula is C31H24ClFN2O2. The van der Waals surface area contributed by atoms with Gasteiger partial charge in [-0.2, -0.15) is 0 Å². The van der Waals surface area contributed by atoms with Crippen molar-refractivity contribution in [3.63, 3.8) is 0 Å². The molecule has 0 saturated heterocycles. The van der Waals surface area contributed by atoms with Gasteiger partial charge in [0.1, 0.15) is 11.6 Å². The van der Waals surface area contributed by atoms with Gasteiger partial charge in [0, 0.05) is 22.3 Å². The van der Waals surface area contributed by atoms with Crippen LogP contribution in [0.25, 0.3) is 22.0 Å². The van der Waals surface area contributed by atoms with Gasteiger partial charge in [-0.15, -0.1) is 0 Å². The van der Waals surface area contributed by atoms with Crippen LogP contribution in [-0.2, 0) is 11.2 Å². The Hall–Kier alpha value is -4.22. The Balaban J connectivity index is 1.48. The van der Waals surface area contributed by atoms with Gasteiger partial charge in [-0.05, 0) is 89.3 Å². The van der Waals surface area contributed by atoms with E-state index < -0.39 is 5.92 Å². The van der Waals surface area contributed by atoms with Crippen molar-refractivity contribution in [3.05, 3.63) is 125 Å². The molecule has 6 heteroatoms. The molecule has 0 aliphatic heterocycles. The molecule has 1 amide bonds. The molecular weight excluding hydrogens is 487 g/mol. The first kappa shape index (κ1) is 24.5. The predicted molar refractivity (Wildman–Crippen MR) is 147 cm³/mol. The van der Waals surface area contributed by atoms with E-state index in [-0.39, 0.29) is 11.7 Å². The molecule has 0 bridgehead atoms. The number of pyridine rings is 1. The smallest absolute Gasteiger partial charge is 0.232 e. The van der Waals surface area contributed by atoms with Gasteiger partial charge < -0.3 is 10.1 Å². The van der Waals surface area contributed by atoms with Crippen LogP contribution >= 0.6 is 11.6 Å². The summed E-state index contributed by atoms with van der Waals surface area (Å²) in [5, 5.41) is 4.36. The number of carbonyl (C=O) groups excluding carboxylic acids is 1. The molecule has 0 aliphatic rings. The Kier molecular flexibility index (Phi) is 7.15. The minimum absolute atomic E-state index is 0.130. The van der Waals surface area contributed by atoms with Crippen molar-refractivity contribution in [2.75, 3.05) is 12.4 Å². The molecule has 5 rings (SSSR count). The van der Waals surface area contributed by atoms with Crippen molar-refractivity contribution in [2.24, 2.45) is 0 Å². The number of hydrogen-bond donors (Lipinski definition) is 1. The van der Waals surface area contributed by atoms with E-state index in [4.69, 9.17) is 16.3 Å². The molecule has 4 nitrogen and oxygen atoms in total. The topological polar surface area (TPSA) is 51.2 Å². The molecule has 1 heterocycles. The first-order valence-electron chi connectivity index (χ1n) is 11.8. The number of rotatable bonds is 7. The number of hydrogen-bond acceptors (Lipinski definition) is 3. The van der Waals surface area contributed by atoms with E-state index in [9.17, 15) is 9.18 Å². The molecule has 5 aromatic rings. The molecule has 1 aromatic heterocycles. The van der Waals surface area contributed by atoms with Crippen LogP contribution < -0.4 is 10.1 Å². The number of benzene rings is 4. The maximum absolute atomic E-state index is 14.0. The van der Waals surface area contributed by atoms with Gasteiger partial charge in [-0.3, -0.25) is 9.78 Å². The highest BCUT2D eigenvalue weighted by Gasteiger charge is 2.22. The Morgan fingerprint density at radius 2 is 1.76 bits per heavy atom. The van der Waals surface area contributed by atoms with Gasteiger partial charge in [0.2, 0.25) is 5.91 Å². The molecule has 0 saturated carbocycles. The number of nitrogens with one attached hydrogen (secondary N) is 1. The van der Waals surface area contributed by atoms with Crippen LogP contribution in [0.5, 0.6) is 5.75 Å². The summed E-state index contributed by atoms with van der Waals surface area (Å²) in [4.78, 5) is 17.8. The van der Waals surface area contributed by atoms with E-state index >= 15 is 0 Å². The van der Waals surface area contributed by atoms with Gasteiger partial charge in [-0.1, -0.05) is 48.0 Å². The predicted octanol–water partition coefficient (Wildman–Crippen LogP) is 7.67. The van der Waals surface area contributed by atoms with Crippen molar-refractivity contribution in [2.45, 2.75) is 12.3 Å². The van der Waals surface area contributed by atoms with Crippen LogP contribution in [0.4, 0.5) is 10.1 Å². The Labute approximate surface area is 219 Å². The lowest BCUT2D eigenvalue weighted by Gasteiger charge is -2.19. The normalized spacial score (nSPS) is 11.8. The van der Waals surface area contributed by atoms with E-state index in [0.717, 1.165) is 38.9 Å². The number of fused-ring (bicyclic) bond motifs is 1. The second-order valence-electron chi connectivity index (χ2n) is 8.75. The fourth-order valence-corrected chi connectivity index (χ4v) is 4.55. The van der Waals surface area contributed by atoms with E-state index in [2.05, 4.69) is 10.3 Å². The van der Waals surface area contributed by atoms with E-state index in [1.165, 1.54) is 12.1 Å². The average molecular weight is 511 g/mol. The van der Waals surface area contributed by atoms with Crippen LogP contribution in [-0.4, -0.2) is 18.0 Å². The van der Waals surface area contributed by atoms with Gasteiger partial charge >= 0.3 is 0 Å². The molecule has 37 heavy (non-hydrogen) atoms. The molecule has 1 atom stereocenters. The second-order valence-corrected chi connectivity index (χ2v) is 9.18. The number of nitrogens with zero attached hydrogens (tertiary/aromatic N) is 1. The lowest BCUT2D eigenvalue weighted by molar-refractivity contribution is -0.117. The molecule has 0 fully saturated rings. The monoisotopic (exact) mass is 510 g/mol. The van der Waals surface area contributed by atoms with E-state index in [0.29, 0.717) is 17.1 Å². The average Bonchev–Trinajstić information content (AvgIpc) is 2.93. The minimum atomic E-state index is -0.455.